The second-order valence-electron chi connectivity index (χ2n) is 5.49. The van der Waals surface area contributed by atoms with E-state index in [1.54, 1.807) is 7.11 Å². The third kappa shape index (κ3) is 4.65. The van der Waals surface area contributed by atoms with Crippen molar-refractivity contribution in [1.82, 2.24) is 0 Å². The predicted octanol–water partition coefficient (Wildman–Crippen LogP) is 3.84. The number of methoxy groups -OCH3 is 1. The van der Waals surface area contributed by atoms with Gasteiger partial charge in [0.25, 0.3) is 0 Å². The van der Waals surface area contributed by atoms with Crippen molar-refractivity contribution < 1.29 is 9.47 Å². The van der Waals surface area contributed by atoms with E-state index < -0.39 is 0 Å². The first-order chi connectivity index (χ1) is 11.1. The molecule has 0 radical (unpaired) electrons. The van der Waals surface area contributed by atoms with Crippen LogP contribution in [0.5, 0.6) is 11.5 Å². The molecule has 0 N–H and O–H groups in total. The van der Waals surface area contributed by atoms with Crippen LogP contribution in [0.15, 0.2) is 48.5 Å². The third-order valence-corrected chi connectivity index (χ3v) is 3.66. The number of rotatable bonds is 7. The second-order valence-corrected chi connectivity index (χ2v) is 5.49. The number of ether oxygens (including phenoxy) is 2. The first kappa shape index (κ1) is 16.7. The highest BCUT2D eigenvalue weighted by Crippen LogP contribution is 2.24. The van der Waals surface area contributed by atoms with Gasteiger partial charge in [-0.3, -0.25) is 0 Å². The molecule has 120 valence electrons. The van der Waals surface area contributed by atoms with E-state index in [2.05, 4.69) is 6.07 Å². The van der Waals surface area contributed by atoms with Crippen molar-refractivity contribution in [3.8, 4) is 17.6 Å². The lowest BCUT2D eigenvalue weighted by Gasteiger charge is -2.15. The molecule has 0 aliphatic heterocycles. The van der Waals surface area contributed by atoms with E-state index in [1.807, 2.05) is 67.5 Å². The second kappa shape index (κ2) is 8.09. The molecule has 2 aromatic carbocycles. The normalized spacial score (nSPS) is 11.4. The smallest absolute Gasteiger partial charge is 0.121 e. The summed E-state index contributed by atoms with van der Waals surface area (Å²) < 4.78 is 11.0. The lowest BCUT2D eigenvalue weighted by molar-refractivity contribution is 0.306. The predicted molar refractivity (Wildman–Crippen MR) is 92.2 cm³/mol. The van der Waals surface area contributed by atoms with Crippen molar-refractivity contribution >= 4 is 5.69 Å². The van der Waals surface area contributed by atoms with Crippen LogP contribution in [0.3, 0.4) is 0 Å². The minimum atomic E-state index is -0.206. The Hall–Kier alpha value is -2.67. The third-order valence-electron chi connectivity index (χ3n) is 3.66. The fourth-order valence-corrected chi connectivity index (χ4v) is 2.31. The van der Waals surface area contributed by atoms with Gasteiger partial charge in [-0.25, -0.2) is 0 Å². The molecule has 0 aromatic heterocycles. The molecule has 0 aliphatic rings. The molecule has 0 heterocycles. The van der Waals surface area contributed by atoms with Gasteiger partial charge in [0.15, 0.2) is 0 Å². The van der Waals surface area contributed by atoms with Gasteiger partial charge in [0.2, 0.25) is 0 Å². The number of hydrogen-bond acceptors (Lipinski definition) is 4. The monoisotopic (exact) mass is 310 g/mol. The maximum absolute atomic E-state index is 9.40. The minimum absolute atomic E-state index is 0.206. The van der Waals surface area contributed by atoms with Crippen molar-refractivity contribution in [2.45, 2.75) is 12.3 Å². The van der Waals surface area contributed by atoms with E-state index in [0.29, 0.717) is 13.0 Å². The molecule has 0 amide bonds. The van der Waals surface area contributed by atoms with Gasteiger partial charge in [0.05, 0.1) is 25.7 Å². The van der Waals surface area contributed by atoms with Gasteiger partial charge in [0.1, 0.15) is 11.5 Å². The Balaban J connectivity index is 1.96. The zero-order valence-corrected chi connectivity index (χ0v) is 13.8. The molecule has 2 aromatic rings. The molecule has 0 saturated carbocycles. The summed E-state index contributed by atoms with van der Waals surface area (Å²) in [5.74, 6) is 1.38. The zero-order chi connectivity index (χ0) is 16.7. The van der Waals surface area contributed by atoms with Crippen molar-refractivity contribution in [1.29, 1.82) is 5.26 Å². The van der Waals surface area contributed by atoms with Gasteiger partial charge in [-0.15, -0.1) is 0 Å². The number of hydrogen-bond donors (Lipinski definition) is 0. The molecule has 1 atom stereocenters. The van der Waals surface area contributed by atoms with Crippen LogP contribution in [0.1, 0.15) is 17.9 Å². The van der Waals surface area contributed by atoms with Crippen LogP contribution in [0.25, 0.3) is 0 Å². The molecule has 0 spiro atoms. The molecule has 4 heteroatoms. The number of benzene rings is 2. The van der Waals surface area contributed by atoms with Gasteiger partial charge in [-0.1, -0.05) is 18.2 Å². The highest BCUT2D eigenvalue weighted by atomic mass is 16.5. The van der Waals surface area contributed by atoms with Crippen LogP contribution < -0.4 is 14.4 Å². The van der Waals surface area contributed by atoms with E-state index in [9.17, 15) is 5.26 Å². The molecule has 0 aliphatic carbocycles. The Bertz CT molecular complexity index is 677. The molecule has 0 saturated heterocycles. The van der Waals surface area contributed by atoms with E-state index >= 15 is 0 Å². The van der Waals surface area contributed by atoms with Crippen LogP contribution in [-0.4, -0.2) is 27.8 Å². The quantitative estimate of drug-likeness (QED) is 0.779. The number of nitrogens with zero attached hydrogens (tertiary/aromatic N) is 2. The van der Waals surface area contributed by atoms with Crippen LogP contribution in [0.2, 0.25) is 0 Å². The number of anilines is 1. The van der Waals surface area contributed by atoms with Crippen molar-refractivity contribution in [3.05, 3.63) is 54.1 Å². The number of nitriles is 1. The lowest BCUT2D eigenvalue weighted by atomic mass is 9.97. The largest absolute Gasteiger partial charge is 0.497 e. The summed E-state index contributed by atoms with van der Waals surface area (Å²) in [6.45, 7) is 0.492. The average Bonchev–Trinajstić information content (AvgIpc) is 2.59. The highest BCUT2D eigenvalue weighted by molar-refractivity contribution is 5.49. The van der Waals surface area contributed by atoms with E-state index in [4.69, 9.17) is 9.47 Å². The Morgan fingerprint density at radius 1 is 1.09 bits per heavy atom. The van der Waals surface area contributed by atoms with E-state index in [-0.39, 0.29) is 5.92 Å². The summed E-state index contributed by atoms with van der Waals surface area (Å²) >= 11 is 0. The SMILES string of the molecule is COc1cccc(C(C#N)CCOc2cccc(N(C)C)c2)c1. The average molecular weight is 310 g/mol. The van der Waals surface area contributed by atoms with Crippen LogP contribution >= 0.6 is 0 Å². The maximum atomic E-state index is 9.40. The standard InChI is InChI=1S/C19H22N2O2/c1-21(2)17-7-5-9-19(13-17)23-11-10-16(14-20)15-6-4-8-18(12-15)22-3/h4-9,12-13,16H,10-11H2,1-3H3. The molecular formula is C19H22N2O2. The topological polar surface area (TPSA) is 45.5 Å². The fraction of sp³-hybridized carbons (Fsp3) is 0.316. The molecule has 1 unspecified atom stereocenters. The molecule has 0 bridgehead atoms. The van der Waals surface area contributed by atoms with Crippen molar-refractivity contribution in [2.24, 2.45) is 0 Å². The van der Waals surface area contributed by atoms with Crippen molar-refractivity contribution in [2.75, 3.05) is 32.7 Å². The van der Waals surface area contributed by atoms with E-state index in [0.717, 1.165) is 22.7 Å². The first-order valence-corrected chi connectivity index (χ1v) is 7.58. The molecule has 0 fully saturated rings. The maximum Gasteiger partial charge on any atom is 0.121 e. The van der Waals surface area contributed by atoms with Crippen LogP contribution in [0.4, 0.5) is 5.69 Å². The fourth-order valence-electron chi connectivity index (χ4n) is 2.31. The molecule has 23 heavy (non-hydrogen) atoms. The van der Waals surface area contributed by atoms with Crippen LogP contribution in [0, 0.1) is 11.3 Å². The van der Waals surface area contributed by atoms with Gasteiger partial charge >= 0.3 is 0 Å². The summed E-state index contributed by atoms with van der Waals surface area (Å²) in [6.07, 6.45) is 0.635. The van der Waals surface area contributed by atoms with E-state index in [1.165, 1.54) is 0 Å². The Morgan fingerprint density at radius 2 is 1.83 bits per heavy atom. The summed E-state index contributed by atoms with van der Waals surface area (Å²) in [6, 6.07) is 17.9. The van der Waals surface area contributed by atoms with Gasteiger partial charge in [-0.2, -0.15) is 5.26 Å². The Labute approximate surface area is 137 Å². The highest BCUT2D eigenvalue weighted by Gasteiger charge is 2.12. The molecule has 2 rings (SSSR count). The first-order valence-electron chi connectivity index (χ1n) is 7.58. The van der Waals surface area contributed by atoms with Crippen molar-refractivity contribution in [3.63, 3.8) is 0 Å². The van der Waals surface area contributed by atoms with Gasteiger partial charge in [0, 0.05) is 32.3 Å². The van der Waals surface area contributed by atoms with Gasteiger partial charge in [-0.05, 0) is 29.8 Å². The summed E-state index contributed by atoms with van der Waals surface area (Å²) in [4.78, 5) is 2.03. The summed E-state index contributed by atoms with van der Waals surface area (Å²) in [7, 11) is 5.61. The molecule has 4 nitrogen and oxygen atoms in total. The summed E-state index contributed by atoms with van der Waals surface area (Å²) in [5, 5.41) is 9.40. The van der Waals surface area contributed by atoms with Gasteiger partial charge < -0.3 is 14.4 Å². The zero-order valence-electron chi connectivity index (χ0n) is 13.8. The molecular weight excluding hydrogens is 288 g/mol. The Morgan fingerprint density at radius 3 is 2.52 bits per heavy atom. The van der Waals surface area contributed by atoms with Crippen LogP contribution in [-0.2, 0) is 0 Å². The summed E-state index contributed by atoms with van der Waals surface area (Å²) in [5.41, 5.74) is 2.05. The minimum Gasteiger partial charge on any atom is -0.497 e. The lowest BCUT2D eigenvalue weighted by Crippen LogP contribution is -2.09. The Kier molecular flexibility index (Phi) is 5.87.